The molecule has 0 radical (unpaired) electrons. The van der Waals surface area contributed by atoms with E-state index in [1.54, 1.807) is 0 Å². The molecule has 108 valence electrons. The van der Waals surface area contributed by atoms with Gasteiger partial charge in [-0.15, -0.1) is 0 Å². The smallest absolute Gasteiger partial charge is 0.122 e. The van der Waals surface area contributed by atoms with Crippen molar-refractivity contribution in [3.63, 3.8) is 0 Å². The average Bonchev–Trinajstić information content (AvgIpc) is 2.30. The minimum atomic E-state index is 0.280. The van der Waals surface area contributed by atoms with E-state index in [0.717, 1.165) is 25.2 Å². The van der Waals surface area contributed by atoms with Crippen LogP contribution in [-0.4, -0.2) is 12.6 Å². The number of nitrogens with two attached hydrogens (primary N) is 1. The van der Waals surface area contributed by atoms with Crippen molar-refractivity contribution in [1.82, 2.24) is 0 Å². The molecule has 2 N–H and O–H groups in total. The standard InChI is InChI=1S/C17H29NO/c1-6-19-17-8-7-15(11-16(17)12(2)3)10-13(4)9-14(5)18/h7-8,11-14H,6,9-10,18H2,1-5H3. The van der Waals surface area contributed by atoms with E-state index in [-0.39, 0.29) is 6.04 Å². The molecule has 2 atom stereocenters. The number of hydrogen-bond donors (Lipinski definition) is 1. The molecule has 2 unspecified atom stereocenters. The lowest BCUT2D eigenvalue weighted by Gasteiger charge is -2.17. The highest BCUT2D eigenvalue weighted by Gasteiger charge is 2.11. The van der Waals surface area contributed by atoms with E-state index in [0.29, 0.717) is 11.8 Å². The van der Waals surface area contributed by atoms with Crippen molar-refractivity contribution in [2.24, 2.45) is 11.7 Å². The highest BCUT2D eigenvalue weighted by atomic mass is 16.5. The van der Waals surface area contributed by atoms with Gasteiger partial charge in [0.25, 0.3) is 0 Å². The topological polar surface area (TPSA) is 35.2 Å². The molecule has 0 heterocycles. The van der Waals surface area contributed by atoms with E-state index in [9.17, 15) is 0 Å². The summed E-state index contributed by atoms with van der Waals surface area (Å²) in [5.74, 6) is 2.14. The zero-order chi connectivity index (χ0) is 14.4. The lowest BCUT2D eigenvalue weighted by Crippen LogP contribution is -2.19. The molecule has 0 amide bonds. The fraction of sp³-hybridized carbons (Fsp3) is 0.647. The van der Waals surface area contributed by atoms with Crippen LogP contribution in [0.3, 0.4) is 0 Å². The van der Waals surface area contributed by atoms with E-state index >= 15 is 0 Å². The Balaban J connectivity index is 2.83. The molecule has 0 saturated heterocycles. The quantitative estimate of drug-likeness (QED) is 0.803. The van der Waals surface area contributed by atoms with Crippen molar-refractivity contribution >= 4 is 0 Å². The second-order valence-corrected chi connectivity index (χ2v) is 5.98. The molecule has 1 aromatic rings. The molecule has 1 rings (SSSR count). The molecule has 0 saturated carbocycles. The SMILES string of the molecule is CCOc1ccc(CC(C)CC(C)N)cc1C(C)C. The second-order valence-electron chi connectivity index (χ2n) is 5.98. The summed E-state index contributed by atoms with van der Waals surface area (Å²) in [4.78, 5) is 0. The normalized spacial score (nSPS) is 14.5. The van der Waals surface area contributed by atoms with E-state index in [4.69, 9.17) is 10.5 Å². The van der Waals surface area contributed by atoms with Crippen molar-refractivity contribution in [2.75, 3.05) is 6.61 Å². The molecular weight excluding hydrogens is 234 g/mol. The molecule has 0 bridgehead atoms. The maximum atomic E-state index is 5.87. The van der Waals surface area contributed by atoms with Gasteiger partial charge in [0.1, 0.15) is 5.75 Å². The monoisotopic (exact) mass is 263 g/mol. The Morgan fingerprint density at radius 1 is 1.16 bits per heavy atom. The molecule has 0 aliphatic heterocycles. The summed E-state index contributed by atoms with van der Waals surface area (Å²) in [6, 6.07) is 6.89. The predicted molar refractivity (Wildman–Crippen MR) is 82.8 cm³/mol. The number of hydrogen-bond acceptors (Lipinski definition) is 2. The first-order chi connectivity index (χ1) is 8.93. The van der Waals surface area contributed by atoms with Gasteiger partial charge >= 0.3 is 0 Å². The third-order valence-electron chi connectivity index (χ3n) is 3.35. The van der Waals surface area contributed by atoms with E-state index in [1.807, 2.05) is 6.92 Å². The van der Waals surface area contributed by atoms with Gasteiger partial charge in [-0.25, -0.2) is 0 Å². The Labute approximate surface area is 118 Å². The van der Waals surface area contributed by atoms with Crippen LogP contribution in [0.5, 0.6) is 5.75 Å². The van der Waals surface area contributed by atoms with E-state index in [2.05, 4.69) is 45.9 Å². The average molecular weight is 263 g/mol. The minimum absolute atomic E-state index is 0.280. The first-order valence-electron chi connectivity index (χ1n) is 7.45. The van der Waals surface area contributed by atoms with Crippen LogP contribution in [-0.2, 0) is 6.42 Å². The lowest BCUT2D eigenvalue weighted by molar-refractivity contribution is 0.335. The summed E-state index contributed by atoms with van der Waals surface area (Å²) in [5.41, 5.74) is 8.57. The summed E-state index contributed by atoms with van der Waals surface area (Å²) >= 11 is 0. The summed E-state index contributed by atoms with van der Waals surface area (Å²) in [5, 5.41) is 0. The molecule has 19 heavy (non-hydrogen) atoms. The van der Waals surface area contributed by atoms with Crippen molar-refractivity contribution in [1.29, 1.82) is 0 Å². The van der Waals surface area contributed by atoms with Gasteiger partial charge in [0.15, 0.2) is 0 Å². The maximum absolute atomic E-state index is 5.87. The Hall–Kier alpha value is -1.02. The lowest BCUT2D eigenvalue weighted by atomic mass is 9.92. The minimum Gasteiger partial charge on any atom is -0.494 e. The predicted octanol–water partition coefficient (Wildman–Crippen LogP) is 4.12. The van der Waals surface area contributed by atoms with Gasteiger partial charge in [0, 0.05) is 6.04 Å². The summed E-state index contributed by atoms with van der Waals surface area (Å²) in [6.07, 6.45) is 2.16. The number of benzene rings is 1. The fourth-order valence-electron chi connectivity index (χ4n) is 2.58. The van der Waals surface area contributed by atoms with Gasteiger partial charge in [-0.05, 0) is 55.7 Å². The zero-order valence-electron chi connectivity index (χ0n) is 13.1. The number of ether oxygens (including phenoxy) is 1. The molecule has 2 heteroatoms. The molecule has 1 aromatic carbocycles. The van der Waals surface area contributed by atoms with Gasteiger partial charge < -0.3 is 10.5 Å². The highest BCUT2D eigenvalue weighted by Crippen LogP contribution is 2.28. The molecule has 0 spiro atoms. The van der Waals surface area contributed by atoms with Crippen LogP contribution in [0.2, 0.25) is 0 Å². The van der Waals surface area contributed by atoms with Crippen LogP contribution < -0.4 is 10.5 Å². The van der Waals surface area contributed by atoms with Crippen LogP contribution >= 0.6 is 0 Å². The van der Waals surface area contributed by atoms with E-state index in [1.165, 1.54) is 11.1 Å². The van der Waals surface area contributed by atoms with Gasteiger partial charge in [0.05, 0.1) is 6.61 Å². The Morgan fingerprint density at radius 2 is 1.84 bits per heavy atom. The van der Waals surface area contributed by atoms with Gasteiger partial charge in [-0.3, -0.25) is 0 Å². The van der Waals surface area contributed by atoms with Crippen LogP contribution in [0.4, 0.5) is 0 Å². The molecule has 0 aromatic heterocycles. The third kappa shape index (κ3) is 5.23. The molecule has 0 fully saturated rings. The van der Waals surface area contributed by atoms with Gasteiger partial charge in [-0.1, -0.05) is 32.9 Å². The first-order valence-corrected chi connectivity index (χ1v) is 7.45. The zero-order valence-corrected chi connectivity index (χ0v) is 13.1. The highest BCUT2D eigenvalue weighted by molar-refractivity contribution is 5.39. The summed E-state index contributed by atoms with van der Waals surface area (Å²) in [7, 11) is 0. The third-order valence-corrected chi connectivity index (χ3v) is 3.35. The van der Waals surface area contributed by atoms with E-state index < -0.39 is 0 Å². The fourth-order valence-corrected chi connectivity index (χ4v) is 2.58. The van der Waals surface area contributed by atoms with Crippen LogP contribution in [0, 0.1) is 5.92 Å². The molecule has 2 nitrogen and oxygen atoms in total. The molecule has 0 aliphatic rings. The van der Waals surface area contributed by atoms with Gasteiger partial charge in [0.2, 0.25) is 0 Å². The maximum Gasteiger partial charge on any atom is 0.122 e. The Kier molecular flexibility index (Phi) is 6.36. The Morgan fingerprint density at radius 3 is 2.37 bits per heavy atom. The summed E-state index contributed by atoms with van der Waals surface area (Å²) < 4.78 is 5.70. The van der Waals surface area contributed by atoms with Crippen molar-refractivity contribution in [3.8, 4) is 5.75 Å². The Bertz CT molecular complexity index is 385. The van der Waals surface area contributed by atoms with Crippen molar-refractivity contribution in [2.45, 2.75) is 59.4 Å². The number of rotatable bonds is 7. The molecular formula is C17H29NO. The first kappa shape index (κ1) is 16.0. The van der Waals surface area contributed by atoms with Crippen molar-refractivity contribution in [3.05, 3.63) is 29.3 Å². The van der Waals surface area contributed by atoms with Crippen LogP contribution in [0.1, 0.15) is 58.1 Å². The van der Waals surface area contributed by atoms with Crippen LogP contribution in [0.25, 0.3) is 0 Å². The summed E-state index contributed by atoms with van der Waals surface area (Å²) in [6.45, 7) is 11.5. The van der Waals surface area contributed by atoms with Gasteiger partial charge in [-0.2, -0.15) is 0 Å². The second kappa shape index (κ2) is 7.54. The van der Waals surface area contributed by atoms with Crippen molar-refractivity contribution < 1.29 is 4.74 Å². The van der Waals surface area contributed by atoms with Crippen LogP contribution in [0.15, 0.2) is 18.2 Å². The molecule has 0 aliphatic carbocycles. The largest absolute Gasteiger partial charge is 0.494 e.